The first-order valence-corrected chi connectivity index (χ1v) is 12.2. The smallest absolute Gasteiger partial charge is 0.322 e. The summed E-state index contributed by atoms with van der Waals surface area (Å²) < 4.78 is 27.0. The van der Waals surface area contributed by atoms with Gasteiger partial charge in [0, 0.05) is 12.5 Å². The van der Waals surface area contributed by atoms with Crippen molar-refractivity contribution in [2.75, 3.05) is 0 Å². The van der Waals surface area contributed by atoms with Crippen molar-refractivity contribution in [3.05, 3.63) is 29.8 Å². The van der Waals surface area contributed by atoms with Crippen molar-refractivity contribution in [3.63, 3.8) is 0 Å². The van der Waals surface area contributed by atoms with E-state index >= 15 is 0 Å². The Bertz CT molecular complexity index is 980. The summed E-state index contributed by atoms with van der Waals surface area (Å²) in [4.78, 5) is 37.6. The van der Waals surface area contributed by atoms with Crippen LogP contribution in [0.3, 0.4) is 0 Å². The number of nitrogens with zero attached hydrogens (tertiary/aromatic N) is 1. The van der Waals surface area contributed by atoms with Gasteiger partial charge in [-0.05, 0) is 68.6 Å². The van der Waals surface area contributed by atoms with E-state index in [0.717, 1.165) is 36.3 Å². The van der Waals surface area contributed by atoms with Crippen LogP contribution in [0.25, 0.3) is 0 Å². The van der Waals surface area contributed by atoms with Crippen LogP contribution in [0.15, 0.2) is 29.2 Å². The van der Waals surface area contributed by atoms with Crippen LogP contribution in [0, 0.1) is 5.92 Å². The molecule has 1 aromatic rings. The lowest BCUT2D eigenvalue weighted by molar-refractivity contribution is -0.140. The molecule has 2 aliphatic carbocycles. The molecule has 1 aliphatic heterocycles. The largest absolute Gasteiger partial charge is 0.344 e. The Kier molecular flexibility index (Phi) is 5.78. The SMILES string of the molecule is CC1CCC2(CC1)NC(=O)N(NC(=O)CCc1ccc(S(=O)(=O)NC3CC3)cc1)C2=O. The van der Waals surface area contributed by atoms with Gasteiger partial charge in [0.15, 0.2) is 0 Å². The van der Waals surface area contributed by atoms with Crippen LogP contribution >= 0.6 is 0 Å². The van der Waals surface area contributed by atoms with E-state index < -0.39 is 33.4 Å². The van der Waals surface area contributed by atoms with Crippen molar-refractivity contribution in [2.45, 2.75) is 74.8 Å². The van der Waals surface area contributed by atoms with Gasteiger partial charge in [0.2, 0.25) is 15.9 Å². The van der Waals surface area contributed by atoms with Gasteiger partial charge in [-0.1, -0.05) is 19.1 Å². The molecule has 0 aromatic heterocycles. The zero-order valence-corrected chi connectivity index (χ0v) is 18.3. The van der Waals surface area contributed by atoms with Gasteiger partial charge in [0.05, 0.1) is 4.90 Å². The van der Waals surface area contributed by atoms with Gasteiger partial charge < -0.3 is 5.32 Å². The van der Waals surface area contributed by atoms with Crippen molar-refractivity contribution < 1.29 is 22.8 Å². The fourth-order valence-electron chi connectivity index (χ4n) is 4.08. The van der Waals surface area contributed by atoms with Crippen LogP contribution in [0.2, 0.25) is 0 Å². The zero-order chi connectivity index (χ0) is 22.2. The van der Waals surface area contributed by atoms with E-state index in [0.29, 0.717) is 25.2 Å². The summed E-state index contributed by atoms with van der Waals surface area (Å²) in [5.74, 6) is -0.322. The Morgan fingerprint density at radius 2 is 1.77 bits per heavy atom. The first kappa shape index (κ1) is 21.8. The number of nitrogens with one attached hydrogen (secondary N) is 3. The van der Waals surface area contributed by atoms with E-state index in [4.69, 9.17) is 0 Å². The molecule has 168 valence electrons. The second-order valence-corrected chi connectivity index (χ2v) is 10.6. The van der Waals surface area contributed by atoms with Crippen LogP contribution < -0.4 is 15.5 Å². The number of carbonyl (C=O) groups excluding carboxylic acids is 3. The number of carbonyl (C=O) groups is 3. The molecule has 31 heavy (non-hydrogen) atoms. The van der Waals surface area contributed by atoms with Gasteiger partial charge in [-0.3, -0.25) is 15.0 Å². The van der Waals surface area contributed by atoms with Crippen LogP contribution in [0.1, 0.15) is 57.4 Å². The van der Waals surface area contributed by atoms with Crippen molar-refractivity contribution in [2.24, 2.45) is 5.92 Å². The summed E-state index contributed by atoms with van der Waals surface area (Å²) in [6.07, 6.45) is 5.02. The van der Waals surface area contributed by atoms with E-state index in [1.165, 1.54) is 12.1 Å². The molecule has 3 N–H and O–H groups in total. The Labute approximate surface area is 182 Å². The molecule has 0 unspecified atom stereocenters. The molecule has 3 fully saturated rings. The zero-order valence-electron chi connectivity index (χ0n) is 17.5. The van der Waals surface area contributed by atoms with Crippen molar-refractivity contribution in [1.82, 2.24) is 20.5 Å². The molecule has 1 spiro atoms. The maximum absolute atomic E-state index is 12.8. The standard InChI is InChI=1S/C21H28N4O5S/c1-14-10-12-21(13-11-14)19(27)25(20(28)22-21)23-18(26)9-4-15-2-7-17(8-3-15)31(29,30)24-16-5-6-16/h2-3,7-8,14,16,24H,4-6,9-13H2,1H3,(H,22,28)(H,23,26). The fraction of sp³-hybridized carbons (Fsp3) is 0.571. The average Bonchev–Trinajstić information content (AvgIpc) is 3.51. The lowest BCUT2D eigenvalue weighted by Crippen LogP contribution is -2.51. The maximum Gasteiger partial charge on any atom is 0.344 e. The highest BCUT2D eigenvalue weighted by atomic mass is 32.2. The summed E-state index contributed by atoms with van der Waals surface area (Å²) in [5, 5.41) is 3.57. The number of amides is 4. The van der Waals surface area contributed by atoms with E-state index in [2.05, 4.69) is 22.4 Å². The minimum Gasteiger partial charge on any atom is -0.322 e. The first-order valence-electron chi connectivity index (χ1n) is 10.8. The monoisotopic (exact) mass is 448 g/mol. The van der Waals surface area contributed by atoms with Crippen LogP contribution in [0.5, 0.6) is 0 Å². The summed E-state index contributed by atoms with van der Waals surface area (Å²) in [6, 6.07) is 5.81. The highest BCUT2D eigenvalue weighted by molar-refractivity contribution is 7.89. The summed E-state index contributed by atoms with van der Waals surface area (Å²) in [6.45, 7) is 2.12. The Hall–Kier alpha value is -2.46. The first-order chi connectivity index (χ1) is 14.7. The molecule has 9 nitrogen and oxygen atoms in total. The fourth-order valence-corrected chi connectivity index (χ4v) is 5.38. The molecule has 1 heterocycles. The number of hydrogen-bond acceptors (Lipinski definition) is 5. The van der Waals surface area contributed by atoms with Gasteiger partial charge in [-0.2, -0.15) is 5.01 Å². The molecular weight excluding hydrogens is 420 g/mol. The minimum absolute atomic E-state index is 0.0371. The number of sulfonamides is 1. The van der Waals surface area contributed by atoms with Gasteiger partial charge >= 0.3 is 6.03 Å². The van der Waals surface area contributed by atoms with Gasteiger partial charge in [-0.15, -0.1) is 0 Å². The number of hydrogen-bond donors (Lipinski definition) is 3. The number of rotatable bonds is 7. The molecule has 0 radical (unpaired) electrons. The second kappa shape index (κ2) is 8.23. The highest BCUT2D eigenvalue weighted by Gasteiger charge is 2.52. The predicted molar refractivity (Wildman–Crippen MR) is 112 cm³/mol. The number of aryl methyl sites for hydroxylation is 1. The summed E-state index contributed by atoms with van der Waals surface area (Å²) in [5.41, 5.74) is 2.31. The van der Waals surface area contributed by atoms with Gasteiger partial charge in [-0.25, -0.2) is 17.9 Å². The quantitative estimate of drug-likeness (QED) is 0.547. The predicted octanol–water partition coefficient (Wildman–Crippen LogP) is 1.59. The average molecular weight is 449 g/mol. The van der Waals surface area contributed by atoms with Gasteiger partial charge in [0.25, 0.3) is 5.91 Å². The van der Waals surface area contributed by atoms with E-state index in [-0.39, 0.29) is 17.4 Å². The number of urea groups is 1. The topological polar surface area (TPSA) is 125 Å². The van der Waals surface area contributed by atoms with E-state index in [9.17, 15) is 22.8 Å². The molecule has 2 saturated carbocycles. The van der Waals surface area contributed by atoms with E-state index in [1.807, 2.05) is 0 Å². The Morgan fingerprint density at radius 1 is 1.13 bits per heavy atom. The lowest BCUT2D eigenvalue weighted by Gasteiger charge is -2.33. The normalized spacial score (nSPS) is 26.2. The molecule has 1 saturated heterocycles. The van der Waals surface area contributed by atoms with Crippen molar-refractivity contribution in [1.29, 1.82) is 0 Å². The number of imide groups is 1. The third-order valence-corrected chi connectivity index (χ3v) is 7.84. The molecule has 10 heteroatoms. The molecular formula is C21H28N4O5S. The molecule has 4 rings (SSSR count). The minimum atomic E-state index is -3.51. The third-order valence-electron chi connectivity index (χ3n) is 6.30. The van der Waals surface area contributed by atoms with Gasteiger partial charge in [0.1, 0.15) is 5.54 Å². The molecule has 3 aliphatic rings. The maximum atomic E-state index is 12.8. The summed E-state index contributed by atoms with van der Waals surface area (Å²) >= 11 is 0. The van der Waals surface area contributed by atoms with Crippen molar-refractivity contribution in [3.8, 4) is 0 Å². The number of hydrazine groups is 1. The highest BCUT2D eigenvalue weighted by Crippen LogP contribution is 2.35. The van der Waals surface area contributed by atoms with E-state index in [1.54, 1.807) is 12.1 Å². The Balaban J connectivity index is 1.30. The van der Waals surface area contributed by atoms with Crippen LogP contribution in [-0.2, 0) is 26.0 Å². The third kappa shape index (κ3) is 4.74. The Morgan fingerprint density at radius 3 is 2.39 bits per heavy atom. The van der Waals surface area contributed by atoms with Crippen LogP contribution in [-0.4, -0.2) is 42.9 Å². The lowest BCUT2D eigenvalue weighted by atomic mass is 9.77. The van der Waals surface area contributed by atoms with Crippen LogP contribution in [0.4, 0.5) is 4.79 Å². The molecule has 0 bridgehead atoms. The number of benzene rings is 1. The second-order valence-electron chi connectivity index (χ2n) is 8.91. The molecule has 1 aromatic carbocycles. The molecule has 0 atom stereocenters. The van der Waals surface area contributed by atoms with Crippen molar-refractivity contribution >= 4 is 27.9 Å². The summed E-state index contributed by atoms with van der Waals surface area (Å²) in [7, 11) is -3.51. The molecule has 4 amide bonds.